The second-order valence-electron chi connectivity index (χ2n) is 3.11. The van der Waals surface area contributed by atoms with Crippen LogP contribution in [0.15, 0.2) is 0 Å². The SMILES string of the molecule is C#CCCC(=O)N(CC(=O)OC)CC(=O)OC. The molecule has 0 aliphatic heterocycles. The number of carbonyl (C=O) groups excluding carboxylic acids is 3. The normalized spacial score (nSPS) is 9.00. The highest BCUT2D eigenvalue weighted by atomic mass is 16.5. The standard InChI is InChI=1S/C11H15NO5/c1-4-5-6-9(13)12(7-10(14)16-2)8-11(15)17-3/h1H,5-8H2,2-3H3. The largest absolute Gasteiger partial charge is 0.468 e. The van der Waals surface area contributed by atoms with Crippen LogP contribution in [0.2, 0.25) is 0 Å². The molecule has 1 amide bonds. The Hall–Kier alpha value is -2.03. The number of hydrogen-bond acceptors (Lipinski definition) is 5. The quantitative estimate of drug-likeness (QED) is 0.466. The number of esters is 2. The molecule has 0 aromatic carbocycles. The Balaban J connectivity index is 4.49. The maximum Gasteiger partial charge on any atom is 0.325 e. The number of carbonyl (C=O) groups is 3. The summed E-state index contributed by atoms with van der Waals surface area (Å²) in [4.78, 5) is 34.8. The molecule has 94 valence electrons. The number of nitrogens with zero attached hydrogens (tertiary/aromatic N) is 1. The van der Waals surface area contributed by atoms with Crippen molar-refractivity contribution < 1.29 is 23.9 Å². The molecular weight excluding hydrogens is 226 g/mol. The summed E-state index contributed by atoms with van der Waals surface area (Å²) in [5.74, 6) is 0.701. The van der Waals surface area contributed by atoms with Crippen LogP contribution in [-0.2, 0) is 23.9 Å². The van der Waals surface area contributed by atoms with Crippen LogP contribution in [0.25, 0.3) is 0 Å². The van der Waals surface area contributed by atoms with Gasteiger partial charge in [0, 0.05) is 12.8 Å². The Morgan fingerprint density at radius 2 is 1.59 bits per heavy atom. The van der Waals surface area contributed by atoms with Crippen LogP contribution >= 0.6 is 0 Å². The highest BCUT2D eigenvalue weighted by molar-refractivity contribution is 5.86. The molecule has 0 fully saturated rings. The summed E-state index contributed by atoms with van der Waals surface area (Å²) in [6.45, 7) is -0.593. The lowest BCUT2D eigenvalue weighted by Gasteiger charge is -2.19. The van der Waals surface area contributed by atoms with Gasteiger partial charge in [0.2, 0.25) is 5.91 Å². The molecule has 6 nitrogen and oxygen atoms in total. The van der Waals surface area contributed by atoms with Crippen molar-refractivity contribution >= 4 is 17.8 Å². The van der Waals surface area contributed by atoms with E-state index in [4.69, 9.17) is 6.42 Å². The summed E-state index contributed by atoms with van der Waals surface area (Å²) < 4.78 is 8.85. The van der Waals surface area contributed by atoms with E-state index in [2.05, 4.69) is 15.4 Å². The predicted molar refractivity (Wildman–Crippen MR) is 58.7 cm³/mol. The lowest BCUT2D eigenvalue weighted by atomic mass is 10.3. The topological polar surface area (TPSA) is 72.9 Å². The summed E-state index contributed by atoms with van der Waals surface area (Å²) in [6, 6.07) is 0. The number of methoxy groups -OCH3 is 2. The van der Waals surface area contributed by atoms with Gasteiger partial charge in [0.15, 0.2) is 0 Å². The third-order valence-electron chi connectivity index (χ3n) is 1.93. The molecule has 0 unspecified atom stereocenters. The van der Waals surface area contributed by atoms with Crippen LogP contribution in [-0.4, -0.2) is 50.1 Å². The van der Waals surface area contributed by atoms with E-state index in [-0.39, 0.29) is 25.9 Å². The summed E-state index contributed by atoms with van der Waals surface area (Å²) >= 11 is 0. The molecule has 6 heteroatoms. The van der Waals surface area contributed by atoms with Crippen LogP contribution in [0.5, 0.6) is 0 Å². The van der Waals surface area contributed by atoms with E-state index in [1.165, 1.54) is 14.2 Å². The summed E-state index contributed by atoms with van der Waals surface area (Å²) in [6.07, 6.45) is 5.35. The van der Waals surface area contributed by atoms with Gasteiger partial charge in [0.25, 0.3) is 0 Å². The first-order valence-electron chi connectivity index (χ1n) is 4.90. The van der Waals surface area contributed by atoms with Gasteiger partial charge in [0.05, 0.1) is 14.2 Å². The van der Waals surface area contributed by atoms with Crippen LogP contribution in [0.1, 0.15) is 12.8 Å². The van der Waals surface area contributed by atoms with E-state index in [1.807, 2.05) is 0 Å². The van der Waals surface area contributed by atoms with Gasteiger partial charge in [-0.3, -0.25) is 14.4 Å². The van der Waals surface area contributed by atoms with Crippen molar-refractivity contribution in [3.63, 3.8) is 0 Å². The third kappa shape index (κ3) is 6.20. The zero-order chi connectivity index (χ0) is 13.3. The smallest absolute Gasteiger partial charge is 0.325 e. The van der Waals surface area contributed by atoms with Gasteiger partial charge in [-0.05, 0) is 0 Å². The van der Waals surface area contributed by atoms with Crippen LogP contribution in [0.4, 0.5) is 0 Å². The Morgan fingerprint density at radius 1 is 1.12 bits per heavy atom. The molecule has 0 saturated heterocycles. The van der Waals surface area contributed by atoms with Crippen LogP contribution in [0, 0.1) is 12.3 Å². The fourth-order valence-electron chi connectivity index (χ4n) is 1.01. The average molecular weight is 241 g/mol. The summed E-state index contributed by atoms with van der Waals surface area (Å²) in [7, 11) is 2.40. The summed E-state index contributed by atoms with van der Waals surface area (Å²) in [5, 5.41) is 0. The average Bonchev–Trinajstić information content (AvgIpc) is 2.34. The van der Waals surface area contributed by atoms with E-state index >= 15 is 0 Å². The zero-order valence-electron chi connectivity index (χ0n) is 9.89. The van der Waals surface area contributed by atoms with Crippen molar-refractivity contribution in [3.05, 3.63) is 0 Å². The number of terminal acetylenes is 1. The minimum Gasteiger partial charge on any atom is -0.468 e. The van der Waals surface area contributed by atoms with Crippen LogP contribution < -0.4 is 0 Å². The number of rotatable bonds is 6. The van der Waals surface area contributed by atoms with Gasteiger partial charge >= 0.3 is 11.9 Å². The van der Waals surface area contributed by atoms with Gasteiger partial charge in [-0.2, -0.15) is 0 Å². The monoisotopic (exact) mass is 241 g/mol. The van der Waals surface area contributed by atoms with Crippen molar-refractivity contribution in [2.24, 2.45) is 0 Å². The van der Waals surface area contributed by atoms with Gasteiger partial charge in [-0.25, -0.2) is 0 Å². The minimum absolute atomic E-state index is 0.0739. The predicted octanol–water partition coefficient (Wildman–Crippen LogP) is -0.426. The van der Waals surface area contributed by atoms with Crippen molar-refractivity contribution in [1.82, 2.24) is 4.90 Å². The Bertz CT molecular complexity index is 313. The molecule has 0 spiro atoms. The Morgan fingerprint density at radius 3 is 1.94 bits per heavy atom. The Kier molecular flexibility index (Phi) is 7.19. The number of ether oxygens (including phenoxy) is 2. The zero-order valence-corrected chi connectivity index (χ0v) is 9.89. The number of hydrogen-bond donors (Lipinski definition) is 0. The van der Waals surface area contributed by atoms with Crippen molar-refractivity contribution in [2.45, 2.75) is 12.8 Å². The van der Waals surface area contributed by atoms with Crippen molar-refractivity contribution in [3.8, 4) is 12.3 Å². The molecule has 0 atom stereocenters. The first-order chi connectivity index (χ1) is 8.04. The molecule has 0 aromatic rings. The van der Waals surface area contributed by atoms with E-state index in [1.54, 1.807) is 0 Å². The molecular formula is C11H15NO5. The van der Waals surface area contributed by atoms with Gasteiger partial charge in [-0.1, -0.05) is 0 Å². The molecule has 0 aliphatic carbocycles. The van der Waals surface area contributed by atoms with Crippen molar-refractivity contribution in [2.75, 3.05) is 27.3 Å². The number of amides is 1. The first-order valence-corrected chi connectivity index (χ1v) is 4.90. The van der Waals surface area contributed by atoms with Crippen LogP contribution in [0.3, 0.4) is 0 Å². The highest BCUT2D eigenvalue weighted by Crippen LogP contribution is 1.99. The molecule has 0 radical (unpaired) electrons. The molecule has 0 aliphatic rings. The molecule has 0 N–H and O–H groups in total. The maximum absolute atomic E-state index is 11.6. The molecule has 0 heterocycles. The highest BCUT2D eigenvalue weighted by Gasteiger charge is 2.20. The molecule has 0 aromatic heterocycles. The van der Waals surface area contributed by atoms with Gasteiger partial charge in [0.1, 0.15) is 13.1 Å². The third-order valence-corrected chi connectivity index (χ3v) is 1.93. The molecule has 0 rings (SSSR count). The van der Waals surface area contributed by atoms with Gasteiger partial charge in [-0.15, -0.1) is 12.3 Å². The second-order valence-corrected chi connectivity index (χ2v) is 3.11. The Labute approximate surface area is 99.9 Å². The lowest BCUT2D eigenvalue weighted by molar-refractivity contribution is -0.152. The van der Waals surface area contributed by atoms with E-state index in [9.17, 15) is 14.4 Å². The molecule has 17 heavy (non-hydrogen) atoms. The fourth-order valence-corrected chi connectivity index (χ4v) is 1.01. The maximum atomic E-state index is 11.6. The lowest BCUT2D eigenvalue weighted by Crippen LogP contribution is -2.40. The minimum atomic E-state index is -0.608. The molecule has 0 bridgehead atoms. The second kappa shape index (κ2) is 8.16. The van der Waals surface area contributed by atoms with Crippen molar-refractivity contribution in [1.29, 1.82) is 0 Å². The van der Waals surface area contributed by atoms with E-state index in [0.29, 0.717) is 0 Å². The van der Waals surface area contributed by atoms with E-state index < -0.39 is 17.8 Å². The fraction of sp³-hybridized carbons (Fsp3) is 0.545. The van der Waals surface area contributed by atoms with E-state index in [0.717, 1.165) is 4.90 Å². The van der Waals surface area contributed by atoms with Gasteiger partial charge < -0.3 is 14.4 Å². The summed E-state index contributed by atoms with van der Waals surface area (Å²) in [5.41, 5.74) is 0. The molecule has 0 saturated carbocycles. The first kappa shape index (κ1) is 15.0.